The standard InChI is InChI=1S/C14H25N3O3/c1-9(2)6-15-14(19)17-7-10-5-11(12(8-17)20-10)13(18)16(3)4/h9-12H,5-8H2,1-4H3,(H,15,19)/t10-,11+,12-/m1/s1. The lowest BCUT2D eigenvalue weighted by atomic mass is 9.99. The van der Waals surface area contributed by atoms with E-state index in [2.05, 4.69) is 19.2 Å². The normalized spacial score (nSPS) is 28.6. The van der Waals surface area contributed by atoms with Crippen molar-refractivity contribution in [3.05, 3.63) is 0 Å². The Hall–Kier alpha value is -1.30. The van der Waals surface area contributed by atoms with Gasteiger partial charge < -0.3 is 19.9 Å². The summed E-state index contributed by atoms with van der Waals surface area (Å²) in [5, 5.41) is 2.92. The van der Waals surface area contributed by atoms with Crippen LogP contribution in [0, 0.1) is 11.8 Å². The highest BCUT2D eigenvalue weighted by atomic mass is 16.5. The third kappa shape index (κ3) is 3.23. The van der Waals surface area contributed by atoms with E-state index >= 15 is 0 Å². The summed E-state index contributed by atoms with van der Waals surface area (Å²) >= 11 is 0. The second-order valence-electron chi connectivity index (χ2n) is 6.36. The largest absolute Gasteiger partial charge is 0.370 e. The molecule has 0 unspecified atom stereocenters. The van der Waals surface area contributed by atoms with Crippen molar-refractivity contribution in [2.75, 3.05) is 33.7 Å². The maximum Gasteiger partial charge on any atom is 0.317 e. The van der Waals surface area contributed by atoms with Crippen LogP contribution in [0.3, 0.4) is 0 Å². The topological polar surface area (TPSA) is 61.9 Å². The molecule has 0 aromatic heterocycles. The quantitative estimate of drug-likeness (QED) is 0.822. The lowest BCUT2D eigenvalue weighted by molar-refractivity contribution is -0.135. The van der Waals surface area contributed by atoms with Crippen LogP contribution in [0.4, 0.5) is 4.79 Å². The molecule has 0 saturated carbocycles. The summed E-state index contributed by atoms with van der Waals surface area (Å²) in [4.78, 5) is 27.6. The van der Waals surface area contributed by atoms with Crippen LogP contribution < -0.4 is 5.32 Å². The predicted molar refractivity (Wildman–Crippen MR) is 75.3 cm³/mol. The van der Waals surface area contributed by atoms with Crippen molar-refractivity contribution < 1.29 is 14.3 Å². The third-order valence-electron chi connectivity index (χ3n) is 3.86. The van der Waals surface area contributed by atoms with E-state index in [1.54, 1.807) is 23.9 Å². The first-order chi connectivity index (χ1) is 9.38. The highest BCUT2D eigenvalue weighted by Gasteiger charge is 2.46. The van der Waals surface area contributed by atoms with Crippen LogP contribution in [0.1, 0.15) is 20.3 Å². The van der Waals surface area contributed by atoms with Gasteiger partial charge in [-0.2, -0.15) is 0 Å². The van der Waals surface area contributed by atoms with Gasteiger partial charge in [0.15, 0.2) is 0 Å². The minimum atomic E-state index is -0.159. The summed E-state index contributed by atoms with van der Waals surface area (Å²) in [6.07, 6.45) is 0.552. The number of hydrogen-bond donors (Lipinski definition) is 1. The lowest BCUT2D eigenvalue weighted by Gasteiger charge is -2.33. The fourth-order valence-electron chi connectivity index (χ4n) is 2.82. The van der Waals surface area contributed by atoms with Crippen molar-refractivity contribution in [3.8, 4) is 0 Å². The van der Waals surface area contributed by atoms with Crippen molar-refractivity contribution in [2.45, 2.75) is 32.5 Å². The van der Waals surface area contributed by atoms with Gasteiger partial charge in [0, 0.05) is 33.7 Å². The highest BCUT2D eigenvalue weighted by Crippen LogP contribution is 2.32. The SMILES string of the molecule is CC(C)CNC(=O)N1C[C@H]2C[C@H](C(=O)N(C)C)[C@@H](C1)O2. The summed E-state index contributed by atoms with van der Waals surface area (Å²) < 4.78 is 5.82. The summed E-state index contributed by atoms with van der Waals surface area (Å²) in [7, 11) is 3.52. The van der Waals surface area contributed by atoms with Gasteiger partial charge in [-0.25, -0.2) is 4.79 Å². The van der Waals surface area contributed by atoms with Crippen molar-refractivity contribution in [3.63, 3.8) is 0 Å². The Bertz CT molecular complexity index is 384. The van der Waals surface area contributed by atoms with E-state index in [4.69, 9.17) is 4.74 Å². The van der Waals surface area contributed by atoms with Crippen LogP contribution in [0.5, 0.6) is 0 Å². The Labute approximate surface area is 120 Å². The molecule has 2 aliphatic rings. The molecule has 0 aromatic rings. The molecule has 0 spiro atoms. The van der Waals surface area contributed by atoms with Gasteiger partial charge in [0.1, 0.15) is 0 Å². The zero-order chi connectivity index (χ0) is 14.9. The summed E-state index contributed by atoms with van der Waals surface area (Å²) in [5.74, 6) is 0.416. The lowest BCUT2D eigenvalue weighted by Crippen LogP contribution is -2.51. The fraction of sp³-hybridized carbons (Fsp3) is 0.857. The molecule has 1 N–H and O–H groups in total. The number of ether oxygens (including phenoxy) is 1. The van der Waals surface area contributed by atoms with Crippen LogP contribution in [-0.4, -0.2) is 67.7 Å². The van der Waals surface area contributed by atoms with Gasteiger partial charge in [-0.1, -0.05) is 13.8 Å². The number of carbonyl (C=O) groups is 2. The van der Waals surface area contributed by atoms with E-state index in [1.807, 2.05) is 0 Å². The number of nitrogens with zero attached hydrogens (tertiary/aromatic N) is 2. The Morgan fingerprint density at radius 1 is 1.35 bits per heavy atom. The number of urea groups is 1. The molecular weight excluding hydrogens is 258 g/mol. The smallest absolute Gasteiger partial charge is 0.317 e. The second kappa shape index (κ2) is 5.99. The van der Waals surface area contributed by atoms with Crippen LogP contribution >= 0.6 is 0 Å². The molecule has 114 valence electrons. The van der Waals surface area contributed by atoms with Gasteiger partial charge in [-0.05, 0) is 12.3 Å². The molecule has 3 atom stereocenters. The van der Waals surface area contributed by atoms with E-state index in [0.29, 0.717) is 25.6 Å². The van der Waals surface area contributed by atoms with E-state index in [9.17, 15) is 9.59 Å². The van der Waals surface area contributed by atoms with Gasteiger partial charge in [-0.3, -0.25) is 4.79 Å². The van der Waals surface area contributed by atoms with Gasteiger partial charge in [0.2, 0.25) is 5.91 Å². The van der Waals surface area contributed by atoms with Crippen molar-refractivity contribution in [2.24, 2.45) is 11.8 Å². The summed E-state index contributed by atoms with van der Waals surface area (Å²) in [6.45, 7) is 5.89. The van der Waals surface area contributed by atoms with Crippen molar-refractivity contribution >= 4 is 11.9 Å². The van der Waals surface area contributed by atoms with Crippen molar-refractivity contribution in [1.82, 2.24) is 15.1 Å². The maximum atomic E-state index is 12.1. The number of amides is 3. The van der Waals surface area contributed by atoms with Gasteiger partial charge >= 0.3 is 6.03 Å². The molecule has 2 saturated heterocycles. The monoisotopic (exact) mass is 283 g/mol. The number of carbonyl (C=O) groups excluding carboxylic acids is 2. The minimum absolute atomic E-state index is 0.00699. The molecule has 0 radical (unpaired) electrons. The van der Waals surface area contributed by atoms with Gasteiger partial charge in [0.25, 0.3) is 0 Å². The second-order valence-corrected chi connectivity index (χ2v) is 6.36. The molecular formula is C14H25N3O3. The third-order valence-corrected chi connectivity index (χ3v) is 3.86. The number of hydrogen-bond acceptors (Lipinski definition) is 3. The van der Waals surface area contributed by atoms with E-state index in [1.165, 1.54) is 0 Å². The Balaban J connectivity index is 1.93. The summed E-state index contributed by atoms with van der Waals surface area (Å²) in [6, 6.07) is -0.0463. The number of fused-ring (bicyclic) bond motifs is 2. The predicted octanol–water partition coefficient (Wildman–Crippen LogP) is 0.530. The van der Waals surface area contributed by atoms with E-state index < -0.39 is 0 Å². The van der Waals surface area contributed by atoms with Crippen molar-refractivity contribution in [1.29, 1.82) is 0 Å². The number of nitrogens with one attached hydrogen (secondary N) is 1. The first-order valence-corrected chi connectivity index (χ1v) is 7.28. The number of rotatable bonds is 3. The van der Waals surface area contributed by atoms with Crippen LogP contribution in [0.15, 0.2) is 0 Å². The molecule has 6 nitrogen and oxygen atoms in total. The van der Waals surface area contributed by atoms with Crippen LogP contribution in [0.2, 0.25) is 0 Å². The zero-order valence-corrected chi connectivity index (χ0v) is 12.8. The average molecular weight is 283 g/mol. The Morgan fingerprint density at radius 3 is 2.65 bits per heavy atom. The molecule has 2 fully saturated rings. The molecule has 0 aliphatic carbocycles. The molecule has 2 rings (SSSR count). The molecule has 0 aromatic carbocycles. The first kappa shape index (κ1) is 15.1. The maximum absolute atomic E-state index is 12.1. The number of morpholine rings is 1. The molecule has 20 heavy (non-hydrogen) atoms. The molecule has 2 heterocycles. The van der Waals surface area contributed by atoms with Crippen LogP contribution in [-0.2, 0) is 9.53 Å². The zero-order valence-electron chi connectivity index (χ0n) is 12.8. The fourth-order valence-corrected chi connectivity index (χ4v) is 2.82. The Morgan fingerprint density at radius 2 is 2.05 bits per heavy atom. The van der Waals surface area contributed by atoms with Gasteiger partial charge in [-0.15, -0.1) is 0 Å². The van der Waals surface area contributed by atoms with E-state index in [0.717, 1.165) is 6.42 Å². The highest BCUT2D eigenvalue weighted by molar-refractivity contribution is 5.80. The molecule has 2 bridgehead atoms. The molecule has 6 heteroatoms. The molecule has 2 aliphatic heterocycles. The average Bonchev–Trinajstić information content (AvgIpc) is 2.69. The minimum Gasteiger partial charge on any atom is -0.370 e. The molecule has 3 amide bonds. The summed E-state index contributed by atoms with van der Waals surface area (Å²) in [5.41, 5.74) is 0. The number of likely N-dealkylation sites (tertiary alicyclic amines) is 1. The first-order valence-electron chi connectivity index (χ1n) is 7.28. The van der Waals surface area contributed by atoms with Crippen LogP contribution in [0.25, 0.3) is 0 Å². The van der Waals surface area contributed by atoms with Gasteiger partial charge in [0.05, 0.1) is 18.1 Å². The Kier molecular flexibility index (Phi) is 4.52. The van der Waals surface area contributed by atoms with E-state index in [-0.39, 0.29) is 30.1 Å².